The molecule has 1 aliphatic rings. The smallest absolute Gasteiger partial charge is 0.261 e. The Balaban J connectivity index is 1.95. The molecule has 94 valence electrons. The van der Waals surface area contributed by atoms with Gasteiger partial charge in [0.1, 0.15) is 0 Å². The molecule has 0 bridgehead atoms. The van der Waals surface area contributed by atoms with Gasteiger partial charge in [0, 0.05) is 28.3 Å². The van der Waals surface area contributed by atoms with Crippen molar-refractivity contribution in [1.29, 1.82) is 0 Å². The minimum atomic E-state index is -0.676. The van der Waals surface area contributed by atoms with Crippen LogP contribution in [0.3, 0.4) is 0 Å². The fourth-order valence-corrected chi connectivity index (χ4v) is 4.50. The zero-order chi connectivity index (χ0) is 12.4. The monoisotopic (exact) mass is 335 g/mol. The number of hydrogen-bond donors (Lipinski definition) is 1. The lowest BCUT2D eigenvalue weighted by molar-refractivity contribution is 0.0938. The van der Waals surface area contributed by atoms with Crippen molar-refractivity contribution in [1.82, 2.24) is 5.32 Å². The van der Waals surface area contributed by atoms with E-state index in [-0.39, 0.29) is 11.9 Å². The molecule has 6 heteroatoms. The van der Waals surface area contributed by atoms with Crippen molar-refractivity contribution in [3.05, 3.63) is 20.3 Å². The predicted octanol–water partition coefficient (Wildman–Crippen LogP) is 2.46. The Bertz CT molecular complexity index is 429. The lowest BCUT2D eigenvalue weighted by Gasteiger charge is -2.22. The Morgan fingerprint density at radius 2 is 2.18 bits per heavy atom. The van der Waals surface area contributed by atoms with Crippen LogP contribution >= 0.6 is 27.3 Å². The summed E-state index contributed by atoms with van der Waals surface area (Å²) in [6, 6.07) is 2.08. The van der Waals surface area contributed by atoms with Crippen molar-refractivity contribution in [2.75, 3.05) is 11.5 Å². The van der Waals surface area contributed by atoms with Gasteiger partial charge in [0.25, 0.3) is 5.91 Å². The van der Waals surface area contributed by atoms with Crippen molar-refractivity contribution < 1.29 is 9.00 Å². The molecule has 0 radical (unpaired) electrons. The normalized spacial score (nSPS) is 24.6. The van der Waals surface area contributed by atoms with E-state index in [4.69, 9.17) is 0 Å². The average Bonchev–Trinajstić information content (AvgIpc) is 2.63. The Hall–Kier alpha value is -0.200. The highest BCUT2D eigenvalue weighted by molar-refractivity contribution is 9.11. The van der Waals surface area contributed by atoms with Crippen LogP contribution in [0.25, 0.3) is 0 Å². The number of aryl methyl sites for hydroxylation is 1. The largest absolute Gasteiger partial charge is 0.349 e. The highest BCUT2D eigenvalue weighted by Crippen LogP contribution is 2.27. The molecule has 1 amide bonds. The average molecular weight is 336 g/mol. The van der Waals surface area contributed by atoms with E-state index in [0.29, 0.717) is 11.5 Å². The van der Waals surface area contributed by atoms with Gasteiger partial charge in [-0.2, -0.15) is 0 Å². The van der Waals surface area contributed by atoms with Crippen molar-refractivity contribution in [2.45, 2.75) is 25.8 Å². The molecule has 1 aliphatic heterocycles. The molecule has 1 aromatic heterocycles. The highest BCUT2D eigenvalue weighted by Gasteiger charge is 2.21. The molecule has 3 nitrogen and oxygen atoms in total. The molecular formula is C11H14BrNO2S2. The van der Waals surface area contributed by atoms with Crippen LogP contribution in [0.1, 0.15) is 28.1 Å². The van der Waals surface area contributed by atoms with Crippen LogP contribution in [0, 0.1) is 6.92 Å². The maximum Gasteiger partial charge on any atom is 0.261 e. The summed E-state index contributed by atoms with van der Waals surface area (Å²) in [5.74, 6) is 1.40. The van der Waals surface area contributed by atoms with Gasteiger partial charge in [-0.15, -0.1) is 11.3 Å². The number of carbonyl (C=O) groups is 1. The maximum atomic E-state index is 12.0. The second-order valence-electron chi connectivity index (χ2n) is 4.16. The van der Waals surface area contributed by atoms with Gasteiger partial charge in [-0.05, 0) is 47.3 Å². The van der Waals surface area contributed by atoms with E-state index in [1.807, 2.05) is 13.0 Å². The highest BCUT2D eigenvalue weighted by atomic mass is 79.9. The van der Waals surface area contributed by atoms with Crippen LogP contribution in [0.15, 0.2) is 9.85 Å². The van der Waals surface area contributed by atoms with Gasteiger partial charge in [-0.1, -0.05) is 0 Å². The number of nitrogens with one attached hydrogen (secondary N) is 1. The fourth-order valence-electron chi connectivity index (χ4n) is 1.77. The lowest BCUT2D eigenvalue weighted by atomic mass is 10.1. The topological polar surface area (TPSA) is 46.2 Å². The van der Waals surface area contributed by atoms with Gasteiger partial charge in [0.2, 0.25) is 0 Å². The number of amides is 1. The van der Waals surface area contributed by atoms with Crippen molar-refractivity contribution in [3.8, 4) is 0 Å². The maximum absolute atomic E-state index is 12.0. The zero-order valence-electron chi connectivity index (χ0n) is 9.49. The molecule has 2 heterocycles. The van der Waals surface area contributed by atoms with Crippen LogP contribution < -0.4 is 5.32 Å². The molecule has 0 saturated carbocycles. The molecule has 0 spiro atoms. The molecular weight excluding hydrogens is 322 g/mol. The van der Waals surface area contributed by atoms with E-state index in [9.17, 15) is 9.00 Å². The van der Waals surface area contributed by atoms with Crippen LogP contribution in [0.2, 0.25) is 0 Å². The van der Waals surface area contributed by atoms with E-state index in [2.05, 4.69) is 21.2 Å². The Kier molecular flexibility index (Phi) is 4.38. The van der Waals surface area contributed by atoms with E-state index >= 15 is 0 Å². The summed E-state index contributed by atoms with van der Waals surface area (Å²) in [5, 5.41) is 3.01. The summed E-state index contributed by atoms with van der Waals surface area (Å²) >= 11 is 4.87. The quantitative estimate of drug-likeness (QED) is 0.902. The van der Waals surface area contributed by atoms with Crippen molar-refractivity contribution in [2.24, 2.45) is 0 Å². The third-order valence-electron chi connectivity index (χ3n) is 2.80. The summed E-state index contributed by atoms with van der Waals surface area (Å²) in [6.45, 7) is 1.97. The zero-order valence-corrected chi connectivity index (χ0v) is 12.7. The molecule has 1 N–H and O–H groups in total. The number of halogens is 1. The molecule has 1 fully saturated rings. The first kappa shape index (κ1) is 13.2. The van der Waals surface area contributed by atoms with Crippen LogP contribution in [0.5, 0.6) is 0 Å². The Morgan fingerprint density at radius 1 is 1.53 bits per heavy atom. The molecule has 0 atom stereocenters. The number of thiophene rings is 1. The van der Waals surface area contributed by atoms with E-state index in [0.717, 1.165) is 27.1 Å². The van der Waals surface area contributed by atoms with Crippen LogP contribution in [-0.4, -0.2) is 27.7 Å². The SMILES string of the molecule is Cc1cc(C(=O)NC2CCS(=O)CC2)sc1Br. The third-order valence-corrected chi connectivity index (χ3v) is 6.32. The molecule has 1 aromatic rings. The second kappa shape index (κ2) is 5.63. The summed E-state index contributed by atoms with van der Waals surface area (Å²) in [7, 11) is -0.676. The first-order valence-corrected chi connectivity index (χ1v) is 8.58. The van der Waals surface area contributed by atoms with Gasteiger partial charge in [0.15, 0.2) is 0 Å². The van der Waals surface area contributed by atoms with Crippen LogP contribution in [-0.2, 0) is 10.8 Å². The molecule has 2 rings (SSSR count). The van der Waals surface area contributed by atoms with E-state index < -0.39 is 10.8 Å². The summed E-state index contributed by atoms with van der Waals surface area (Å²) in [5.41, 5.74) is 1.09. The van der Waals surface area contributed by atoms with Crippen LogP contribution in [0.4, 0.5) is 0 Å². The Morgan fingerprint density at radius 3 is 2.71 bits per heavy atom. The second-order valence-corrected chi connectivity index (χ2v) is 8.23. The third kappa shape index (κ3) is 3.39. The van der Waals surface area contributed by atoms with Gasteiger partial charge in [-0.3, -0.25) is 9.00 Å². The van der Waals surface area contributed by atoms with Gasteiger partial charge < -0.3 is 5.32 Å². The van der Waals surface area contributed by atoms with E-state index in [1.54, 1.807) is 0 Å². The molecule has 0 aromatic carbocycles. The van der Waals surface area contributed by atoms with Crippen molar-refractivity contribution >= 4 is 44.0 Å². The minimum absolute atomic E-state index is 0.0125. The predicted molar refractivity (Wildman–Crippen MR) is 75.1 cm³/mol. The molecule has 0 unspecified atom stereocenters. The van der Waals surface area contributed by atoms with E-state index in [1.165, 1.54) is 11.3 Å². The molecule has 0 aliphatic carbocycles. The minimum Gasteiger partial charge on any atom is -0.349 e. The Labute approximate surface area is 116 Å². The number of hydrogen-bond acceptors (Lipinski definition) is 3. The standard InChI is InChI=1S/C11H14BrNO2S2/c1-7-6-9(16-10(7)12)11(14)13-8-2-4-17(15)5-3-8/h6,8H,2-5H2,1H3,(H,13,14). The first-order chi connectivity index (χ1) is 8.06. The first-order valence-electron chi connectivity index (χ1n) is 5.48. The van der Waals surface area contributed by atoms with Crippen molar-refractivity contribution in [3.63, 3.8) is 0 Å². The number of carbonyl (C=O) groups excluding carboxylic acids is 1. The number of rotatable bonds is 2. The lowest BCUT2D eigenvalue weighted by Crippen LogP contribution is -2.39. The fraction of sp³-hybridized carbons (Fsp3) is 0.545. The summed E-state index contributed by atoms with van der Waals surface area (Å²) in [4.78, 5) is 12.7. The van der Waals surface area contributed by atoms with Gasteiger partial charge in [-0.25, -0.2) is 0 Å². The van der Waals surface area contributed by atoms with Gasteiger partial charge in [0.05, 0.1) is 8.66 Å². The summed E-state index contributed by atoms with van der Waals surface area (Å²) in [6.07, 6.45) is 1.65. The summed E-state index contributed by atoms with van der Waals surface area (Å²) < 4.78 is 12.2. The molecule has 1 saturated heterocycles. The molecule has 17 heavy (non-hydrogen) atoms. The van der Waals surface area contributed by atoms with Gasteiger partial charge >= 0.3 is 0 Å².